The molecule has 0 radical (unpaired) electrons. The van der Waals surface area contributed by atoms with E-state index in [1.165, 1.54) is 7.11 Å². The van der Waals surface area contributed by atoms with E-state index >= 15 is 0 Å². The number of aromatic nitrogens is 1. The molecule has 2 aliphatic rings. The lowest BCUT2D eigenvalue weighted by molar-refractivity contribution is -0.120. The van der Waals surface area contributed by atoms with Crippen LogP contribution in [-0.2, 0) is 4.79 Å². The van der Waals surface area contributed by atoms with Gasteiger partial charge in [0.05, 0.1) is 12.8 Å². The van der Waals surface area contributed by atoms with Crippen LogP contribution in [0.3, 0.4) is 0 Å². The lowest BCUT2D eigenvalue weighted by Crippen LogP contribution is -2.45. The number of rotatable bonds is 7. The van der Waals surface area contributed by atoms with Crippen molar-refractivity contribution in [1.82, 2.24) is 10.3 Å². The van der Waals surface area contributed by atoms with Gasteiger partial charge in [-0.25, -0.2) is 4.98 Å². The van der Waals surface area contributed by atoms with Gasteiger partial charge in [-0.1, -0.05) is 12.8 Å². The molecule has 0 bridgehead atoms. The number of nitrogens with one attached hydrogen (secondary N) is 1. The first kappa shape index (κ1) is 16.2. The average molecular weight is 382 g/mol. The zero-order valence-corrected chi connectivity index (χ0v) is 14.6. The number of hydrogen-bond donors (Lipinski definition) is 2. The molecule has 0 unspecified atom stereocenters. The summed E-state index contributed by atoms with van der Waals surface area (Å²) in [7, 11) is 1.49. The van der Waals surface area contributed by atoms with Gasteiger partial charge in [0, 0.05) is 10.4 Å². The maximum absolute atomic E-state index is 12.6. The summed E-state index contributed by atoms with van der Waals surface area (Å²) >= 11 is 3.48. The monoisotopic (exact) mass is 381 g/mol. The third-order valence-corrected chi connectivity index (χ3v) is 4.92. The fraction of sp³-hybridized carbons (Fsp3) is 0.562. The molecule has 1 atom stereocenters. The third kappa shape index (κ3) is 3.83. The first-order chi connectivity index (χ1) is 11.0. The summed E-state index contributed by atoms with van der Waals surface area (Å²) in [6.07, 6.45) is 4.92. The average Bonchev–Trinajstić information content (AvgIpc) is 3.39. The molecule has 1 heterocycles. The molecule has 2 fully saturated rings. The Bertz CT molecular complexity index is 642. The second kappa shape index (κ2) is 6.47. The fourth-order valence-electron chi connectivity index (χ4n) is 2.61. The van der Waals surface area contributed by atoms with Crippen LogP contribution in [0.25, 0.3) is 0 Å². The highest BCUT2D eigenvalue weighted by Crippen LogP contribution is 2.43. The number of pyridine rings is 1. The smallest absolute Gasteiger partial charge is 0.274 e. The van der Waals surface area contributed by atoms with Crippen molar-refractivity contribution < 1.29 is 14.3 Å². The van der Waals surface area contributed by atoms with E-state index in [4.69, 9.17) is 10.5 Å². The number of amides is 2. The number of methoxy groups -OCH3 is 1. The minimum atomic E-state index is -0.658. The SMILES string of the molecule is COc1cc(Br)c(C2CC2)nc1C(=O)N[C@@H](CC1CC1)C(N)=O. The quantitative estimate of drug-likeness (QED) is 0.755. The molecule has 7 heteroatoms. The lowest BCUT2D eigenvalue weighted by Gasteiger charge is -2.17. The summed E-state index contributed by atoms with van der Waals surface area (Å²) in [6, 6.07) is 1.10. The van der Waals surface area contributed by atoms with E-state index < -0.39 is 17.9 Å². The molecule has 0 aromatic carbocycles. The van der Waals surface area contributed by atoms with Gasteiger partial charge in [0.1, 0.15) is 6.04 Å². The summed E-state index contributed by atoms with van der Waals surface area (Å²) in [5.74, 6) is 0.327. The fourth-order valence-corrected chi connectivity index (χ4v) is 3.23. The molecule has 2 saturated carbocycles. The van der Waals surface area contributed by atoms with Gasteiger partial charge < -0.3 is 15.8 Å². The zero-order valence-electron chi connectivity index (χ0n) is 13.0. The molecule has 3 rings (SSSR count). The Morgan fingerprint density at radius 3 is 2.65 bits per heavy atom. The Morgan fingerprint density at radius 2 is 2.13 bits per heavy atom. The maximum atomic E-state index is 12.6. The topological polar surface area (TPSA) is 94.3 Å². The predicted molar refractivity (Wildman–Crippen MR) is 88.3 cm³/mol. The molecule has 2 amide bonds. The van der Waals surface area contributed by atoms with Crippen molar-refractivity contribution in [1.29, 1.82) is 0 Å². The Morgan fingerprint density at radius 1 is 1.43 bits per heavy atom. The number of halogens is 1. The minimum absolute atomic E-state index is 0.208. The van der Waals surface area contributed by atoms with Crippen LogP contribution in [0.15, 0.2) is 10.5 Å². The van der Waals surface area contributed by atoms with E-state index in [9.17, 15) is 9.59 Å². The first-order valence-corrected chi connectivity index (χ1v) is 8.63. The van der Waals surface area contributed by atoms with Crippen molar-refractivity contribution >= 4 is 27.7 Å². The molecule has 3 N–H and O–H groups in total. The van der Waals surface area contributed by atoms with Gasteiger partial charge in [0.25, 0.3) is 5.91 Å². The van der Waals surface area contributed by atoms with Gasteiger partial charge in [0.2, 0.25) is 5.91 Å². The lowest BCUT2D eigenvalue weighted by atomic mass is 10.1. The van der Waals surface area contributed by atoms with Crippen LogP contribution in [0.2, 0.25) is 0 Å². The highest BCUT2D eigenvalue weighted by molar-refractivity contribution is 9.10. The van der Waals surface area contributed by atoms with Crippen LogP contribution in [0.4, 0.5) is 0 Å². The normalized spacial score (nSPS) is 18.3. The highest BCUT2D eigenvalue weighted by Gasteiger charge is 2.32. The van der Waals surface area contributed by atoms with Gasteiger partial charge in [-0.15, -0.1) is 0 Å². The van der Waals surface area contributed by atoms with E-state index in [0.29, 0.717) is 24.0 Å². The molecular weight excluding hydrogens is 362 g/mol. The van der Waals surface area contributed by atoms with Crippen LogP contribution in [0, 0.1) is 5.92 Å². The Kier molecular flexibility index (Phi) is 4.57. The van der Waals surface area contributed by atoms with Gasteiger partial charge >= 0.3 is 0 Å². The van der Waals surface area contributed by atoms with E-state index in [0.717, 1.165) is 35.8 Å². The molecule has 23 heavy (non-hydrogen) atoms. The largest absolute Gasteiger partial charge is 0.494 e. The van der Waals surface area contributed by atoms with Crippen molar-refractivity contribution in [3.05, 3.63) is 21.9 Å². The number of nitrogens with zero attached hydrogens (tertiary/aromatic N) is 1. The van der Waals surface area contributed by atoms with E-state index in [1.54, 1.807) is 6.07 Å². The Labute approximate surface area is 143 Å². The van der Waals surface area contributed by atoms with E-state index in [1.807, 2.05) is 0 Å². The number of hydrogen-bond acceptors (Lipinski definition) is 4. The van der Waals surface area contributed by atoms with Crippen LogP contribution in [0.1, 0.15) is 54.2 Å². The second-order valence-corrected chi connectivity index (χ2v) is 7.14. The van der Waals surface area contributed by atoms with Crippen molar-refractivity contribution in [2.45, 2.75) is 44.1 Å². The minimum Gasteiger partial charge on any atom is -0.494 e. The number of carbonyl (C=O) groups excluding carboxylic acids is 2. The number of ether oxygens (including phenoxy) is 1. The summed E-state index contributed by atoms with van der Waals surface area (Å²) < 4.78 is 6.11. The van der Waals surface area contributed by atoms with Crippen molar-refractivity contribution in [2.24, 2.45) is 11.7 Å². The number of nitrogens with two attached hydrogens (primary N) is 1. The van der Waals surface area contributed by atoms with Gasteiger partial charge in [-0.2, -0.15) is 0 Å². The summed E-state index contributed by atoms with van der Waals surface area (Å²) in [5, 5.41) is 2.71. The molecule has 1 aromatic heterocycles. The molecule has 2 aliphatic carbocycles. The molecule has 0 aliphatic heterocycles. The number of carbonyl (C=O) groups is 2. The third-order valence-electron chi connectivity index (χ3n) is 4.28. The molecule has 1 aromatic rings. The Hall–Kier alpha value is -1.63. The van der Waals surface area contributed by atoms with E-state index in [2.05, 4.69) is 26.2 Å². The Balaban J connectivity index is 1.81. The molecule has 124 valence electrons. The van der Waals surface area contributed by atoms with Crippen LogP contribution < -0.4 is 15.8 Å². The first-order valence-electron chi connectivity index (χ1n) is 7.84. The second-order valence-electron chi connectivity index (χ2n) is 6.29. The van der Waals surface area contributed by atoms with Gasteiger partial charge in [0.15, 0.2) is 11.4 Å². The number of primary amides is 1. The van der Waals surface area contributed by atoms with Crippen LogP contribution in [0.5, 0.6) is 5.75 Å². The molecular formula is C16H20BrN3O3. The maximum Gasteiger partial charge on any atom is 0.274 e. The van der Waals surface area contributed by atoms with E-state index in [-0.39, 0.29) is 5.69 Å². The van der Waals surface area contributed by atoms with Crippen molar-refractivity contribution in [3.63, 3.8) is 0 Å². The highest BCUT2D eigenvalue weighted by atomic mass is 79.9. The standard InChI is InChI=1S/C16H20BrN3O3/c1-23-12-7-10(17)13(9-4-5-9)20-14(12)16(22)19-11(15(18)21)6-8-2-3-8/h7-9,11H,2-6H2,1H3,(H2,18,21)(H,19,22)/t11-/m0/s1. The van der Waals surface area contributed by atoms with Gasteiger partial charge in [-0.3, -0.25) is 9.59 Å². The molecule has 0 saturated heterocycles. The predicted octanol–water partition coefficient (Wildman–Crippen LogP) is 2.11. The molecule has 0 spiro atoms. The summed E-state index contributed by atoms with van der Waals surface area (Å²) in [5.41, 5.74) is 6.49. The van der Waals surface area contributed by atoms with Crippen LogP contribution in [-0.4, -0.2) is 29.9 Å². The zero-order chi connectivity index (χ0) is 16.6. The summed E-state index contributed by atoms with van der Waals surface area (Å²) in [4.78, 5) is 28.6. The van der Waals surface area contributed by atoms with Gasteiger partial charge in [-0.05, 0) is 47.2 Å². The van der Waals surface area contributed by atoms with Crippen LogP contribution >= 0.6 is 15.9 Å². The van der Waals surface area contributed by atoms with Crippen molar-refractivity contribution in [2.75, 3.05) is 7.11 Å². The summed E-state index contributed by atoms with van der Waals surface area (Å²) in [6.45, 7) is 0. The molecule has 6 nitrogen and oxygen atoms in total. The van der Waals surface area contributed by atoms with Crippen molar-refractivity contribution in [3.8, 4) is 5.75 Å².